The summed E-state index contributed by atoms with van der Waals surface area (Å²) in [5.41, 5.74) is 3.64. The summed E-state index contributed by atoms with van der Waals surface area (Å²) in [6.45, 7) is 6.10. The molecule has 0 spiro atoms. The van der Waals surface area contributed by atoms with Crippen LogP contribution in [0.5, 0.6) is 5.75 Å². The lowest BCUT2D eigenvalue weighted by atomic mass is 9.95. The van der Waals surface area contributed by atoms with Crippen LogP contribution in [0.4, 0.5) is 5.69 Å². The highest BCUT2D eigenvalue weighted by Crippen LogP contribution is 2.43. The van der Waals surface area contributed by atoms with E-state index in [1.165, 1.54) is 4.90 Å². The molecule has 1 amide bonds. The molecule has 0 saturated carbocycles. The summed E-state index contributed by atoms with van der Waals surface area (Å²) >= 11 is 6.20. The molecule has 5 nitrogen and oxygen atoms in total. The number of ether oxygens (including phenoxy) is 1. The van der Waals surface area contributed by atoms with Gasteiger partial charge in [0.1, 0.15) is 11.5 Å². The zero-order valence-electron chi connectivity index (χ0n) is 18.6. The van der Waals surface area contributed by atoms with E-state index in [1.54, 1.807) is 18.2 Å². The van der Waals surface area contributed by atoms with Crippen molar-refractivity contribution < 1.29 is 19.4 Å². The van der Waals surface area contributed by atoms with Crippen LogP contribution in [0.15, 0.2) is 72.3 Å². The van der Waals surface area contributed by atoms with Gasteiger partial charge in [0, 0.05) is 11.3 Å². The van der Waals surface area contributed by atoms with Crippen molar-refractivity contribution in [2.75, 3.05) is 11.5 Å². The average molecular weight is 462 g/mol. The summed E-state index contributed by atoms with van der Waals surface area (Å²) in [6, 6.07) is 18.9. The highest BCUT2D eigenvalue weighted by molar-refractivity contribution is 6.51. The van der Waals surface area contributed by atoms with Gasteiger partial charge in [0.15, 0.2) is 0 Å². The van der Waals surface area contributed by atoms with E-state index in [1.807, 2.05) is 69.3 Å². The molecular formula is C27H24ClNO4. The predicted octanol–water partition coefficient (Wildman–Crippen LogP) is 5.98. The maximum atomic E-state index is 13.3. The van der Waals surface area contributed by atoms with Crippen molar-refractivity contribution in [1.29, 1.82) is 0 Å². The van der Waals surface area contributed by atoms with E-state index in [-0.39, 0.29) is 11.3 Å². The molecule has 1 atom stereocenters. The molecule has 1 saturated heterocycles. The fraction of sp³-hybridized carbons (Fsp3) is 0.185. The molecule has 0 aromatic heterocycles. The van der Waals surface area contributed by atoms with Crippen molar-refractivity contribution in [3.63, 3.8) is 0 Å². The third-order valence-corrected chi connectivity index (χ3v) is 5.86. The highest BCUT2D eigenvalue weighted by atomic mass is 35.5. The first-order chi connectivity index (χ1) is 15.8. The minimum atomic E-state index is -0.779. The molecule has 1 aliphatic rings. The molecule has 1 unspecified atom stereocenters. The van der Waals surface area contributed by atoms with Crippen LogP contribution >= 0.6 is 11.6 Å². The second-order valence-electron chi connectivity index (χ2n) is 8.00. The number of nitrogens with zero attached hydrogens (tertiary/aromatic N) is 1. The third-order valence-electron chi connectivity index (χ3n) is 5.55. The van der Waals surface area contributed by atoms with Crippen molar-refractivity contribution in [3.8, 4) is 5.75 Å². The number of amides is 1. The average Bonchev–Trinajstić information content (AvgIpc) is 3.05. The maximum absolute atomic E-state index is 13.3. The topological polar surface area (TPSA) is 66.8 Å². The molecule has 168 valence electrons. The number of benzene rings is 3. The van der Waals surface area contributed by atoms with Gasteiger partial charge in [0.25, 0.3) is 11.7 Å². The Balaban J connectivity index is 1.94. The Hall–Kier alpha value is -3.57. The van der Waals surface area contributed by atoms with Crippen LogP contribution in [0.2, 0.25) is 5.02 Å². The Morgan fingerprint density at radius 1 is 1.00 bits per heavy atom. The van der Waals surface area contributed by atoms with Gasteiger partial charge in [-0.25, -0.2) is 0 Å². The summed E-state index contributed by atoms with van der Waals surface area (Å²) < 4.78 is 5.54. The molecule has 1 N–H and O–H groups in total. The van der Waals surface area contributed by atoms with Gasteiger partial charge in [-0.1, -0.05) is 48.0 Å². The Morgan fingerprint density at radius 3 is 2.30 bits per heavy atom. The number of rotatable bonds is 5. The van der Waals surface area contributed by atoms with Crippen LogP contribution in [0.25, 0.3) is 5.76 Å². The van der Waals surface area contributed by atoms with E-state index in [2.05, 4.69) is 0 Å². The minimum absolute atomic E-state index is 0.0233. The molecule has 6 heteroatoms. The van der Waals surface area contributed by atoms with Crippen LogP contribution < -0.4 is 9.64 Å². The van der Waals surface area contributed by atoms with Crippen molar-refractivity contribution in [1.82, 2.24) is 0 Å². The zero-order chi connectivity index (χ0) is 23.7. The number of anilines is 1. The molecule has 0 aliphatic carbocycles. The standard InChI is InChI=1S/C27H24ClNO4/c1-4-33-22-15-19(10-11-21(22)28)25(30)23-24(18-8-6-5-7-9-18)29(27(32)26(23)31)20-13-16(2)12-17(3)14-20/h5-15,24,30H,4H2,1-3H3/b25-23-. The largest absolute Gasteiger partial charge is 0.507 e. The van der Waals surface area contributed by atoms with Crippen molar-refractivity contribution in [2.45, 2.75) is 26.8 Å². The van der Waals surface area contributed by atoms with Gasteiger partial charge < -0.3 is 9.84 Å². The van der Waals surface area contributed by atoms with Gasteiger partial charge in [-0.2, -0.15) is 0 Å². The number of aryl methyl sites for hydroxylation is 2. The molecule has 3 aromatic carbocycles. The number of aliphatic hydroxyl groups is 1. The minimum Gasteiger partial charge on any atom is -0.507 e. The first-order valence-electron chi connectivity index (χ1n) is 10.7. The van der Waals surface area contributed by atoms with E-state index >= 15 is 0 Å². The second kappa shape index (κ2) is 9.12. The van der Waals surface area contributed by atoms with E-state index in [0.29, 0.717) is 28.6 Å². The molecule has 4 rings (SSSR count). The van der Waals surface area contributed by atoms with Gasteiger partial charge >= 0.3 is 0 Å². The summed E-state index contributed by atoms with van der Waals surface area (Å²) in [5, 5.41) is 11.7. The van der Waals surface area contributed by atoms with Gasteiger partial charge in [-0.15, -0.1) is 0 Å². The quantitative estimate of drug-likeness (QED) is 0.288. The molecule has 1 heterocycles. The molecular weight excluding hydrogens is 438 g/mol. The number of Topliss-reactive ketones (excluding diaryl/α,β-unsaturated/α-hetero) is 1. The molecule has 3 aromatic rings. The fourth-order valence-electron chi connectivity index (χ4n) is 4.21. The molecule has 1 fully saturated rings. The lowest BCUT2D eigenvalue weighted by Gasteiger charge is -2.26. The van der Waals surface area contributed by atoms with Crippen molar-refractivity contribution in [3.05, 3.63) is 99.6 Å². The van der Waals surface area contributed by atoms with Crippen LogP contribution in [0, 0.1) is 13.8 Å². The van der Waals surface area contributed by atoms with E-state index in [9.17, 15) is 14.7 Å². The Kier molecular flexibility index (Phi) is 6.25. The Bertz CT molecular complexity index is 1250. The summed E-state index contributed by atoms with van der Waals surface area (Å²) in [5.74, 6) is -1.31. The first kappa shape index (κ1) is 22.6. The van der Waals surface area contributed by atoms with Crippen LogP contribution in [0.1, 0.15) is 35.2 Å². The molecule has 1 aliphatic heterocycles. The van der Waals surface area contributed by atoms with Gasteiger partial charge in [0.2, 0.25) is 0 Å². The Morgan fingerprint density at radius 2 is 1.67 bits per heavy atom. The number of carbonyl (C=O) groups is 2. The smallest absolute Gasteiger partial charge is 0.300 e. The summed E-state index contributed by atoms with van der Waals surface area (Å²) in [6.07, 6.45) is 0. The van der Waals surface area contributed by atoms with Crippen LogP contribution in [0.3, 0.4) is 0 Å². The zero-order valence-corrected chi connectivity index (χ0v) is 19.4. The summed E-state index contributed by atoms with van der Waals surface area (Å²) in [7, 11) is 0. The summed E-state index contributed by atoms with van der Waals surface area (Å²) in [4.78, 5) is 28.0. The van der Waals surface area contributed by atoms with Gasteiger partial charge in [0.05, 0.1) is 23.2 Å². The molecule has 0 bridgehead atoms. The monoisotopic (exact) mass is 461 g/mol. The van der Waals surface area contributed by atoms with Gasteiger partial charge in [-0.3, -0.25) is 14.5 Å². The van der Waals surface area contributed by atoms with E-state index < -0.39 is 17.7 Å². The highest BCUT2D eigenvalue weighted by Gasteiger charge is 2.47. The molecule has 33 heavy (non-hydrogen) atoms. The van der Waals surface area contributed by atoms with Crippen LogP contribution in [-0.2, 0) is 9.59 Å². The number of carbonyl (C=O) groups excluding carboxylic acids is 2. The number of ketones is 1. The SMILES string of the molecule is CCOc1cc(/C(O)=C2/C(=O)C(=O)N(c3cc(C)cc(C)c3)C2c2ccccc2)ccc1Cl. The third kappa shape index (κ3) is 4.24. The lowest BCUT2D eigenvalue weighted by molar-refractivity contribution is -0.132. The van der Waals surface area contributed by atoms with Crippen molar-refractivity contribution >= 4 is 34.7 Å². The lowest BCUT2D eigenvalue weighted by Crippen LogP contribution is -2.29. The normalized spacial score (nSPS) is 17.5. The first-order valence-corrected chi connectivity index (χ1v) is 11.1. The van der Waals surface area contributed by atoms with E-state index in [0.717, 1.165) is 16.7 Å². The number of halogens is 1. The Labute approximate surface area is 197 Å². The van der Waals surface area contributed by atoms with E-state index in [4.69, 9.17) is 16.3 Å². The van der Waals surface area contributed by atoms with Gasteiger partial charge in [-0.05, 0) is 67.8 Å². The number of aliphatic hydroxyl groups excluding tert-OH is 1. The van der Waals surface area contributed by atoms with Crippen molar-refractivity contribution in [2.24, 2.45) is 0 Å². The van der Waals surface area contributed by atoms with Crippen LogP contribution in [-0.4, -0.2) is 23.4 Å². The maximum Gasteiger partial charge on any atom is 0.300 e. The second-order valence-corrected chi connectivity index (χ2v) is 8.41. The number of hydrogen-bond donors (Lipinski definition) is 1. The molecule has 0 radical (unpaired) electrons. The predicted molar refractivity (Wildman–Crippen MR) is 130 cm³/mol. The number of hydrogen-bond acceptors (Lipinski definition) is 4. The fourth-order valence-corrected chi connectivity index (χ4v) is 4.38.